The Morgan fingerprint density at radius 2 is 2.13 bits per heavy atom. The maximum Gasteiger partial charge on any atom is 0.128 e. The third kappa shape index (κ3) is 5.02. The van der Waals surface area contributed by atoms with Crippen LogP contribution >= 0.6 is 0 Å². The maximum absolute atomic E-state index is 13.7. The monoisotopic (exact) mass is 311 g/mol. The van der Waals surface area contributed by atoms with E-state index in [-0.39, 0.29) is 11.7 Å². The lowest BCUT2D eigenvalue weighted by Gasteiger charge is -2.16. The molecule has 120 valence electrons. The highest BCUT2D eigenvalue weighted by atomic mass is 19.1. The molecule has 1 aliphatic heterocycles. The second kappa shape index (κ2) is 8.22. The van der Waals surface area contributed by atoms with Crippen molar-refractivity contribution in [3.8, 4) is 0 Å². The van der Waals surface area contributed by atoms with Gasteiger partial charge in [0.2, 0.25) is 0 Å². The van der Waals surface area contributed by atoms with E-state index in [0.717, 1.165) is 11.3 Å². The van der Waals surface area contributed by atoms with Crippen LogP contribution in [0.3, 0.4) is 0 Å². The van der Waals surface area contributed by atoms with Crippen molar-refractivity contribution in [2.45, 2.75) is 20.4 Å². The lowest BCUT2D eigenvalue weighted by molar-refractivity contribution is 0.588. The van der Waals surface area contributed by atoms with Crippen LogP contribution in [0.2, 0.25) is 0 Å². The number of nitrogens with zero attached hydrogens (tertiary/aromatic N) is 1. The molecule has 2 rings (SSSR count). The molecule has 3 nitrogen and oxygen atoms in total. The van der Waals surface area contributed by atoms with E-state index in [4.69, 9.17) is 5.41 Å². The summed E-state index contributed by atoms with van der Waals surface area (Å²) in [6.07, 6.45) is 9.19. The number of nitrogens with one attached hydrogen (secondary N) is 2. The van der Waals surface area contributed by atoms with Crippen molar-refractivity contribution >= 4 is 11.9 Å². The average Bonchev–Trinajstić information content (AvgIpc) is 2.81. The molecule has 0 aliphatic carbocycles. The topological polar surface area (TPSA) is 48.2 Å². The van der Waals surface area contributed by atoms with Crippen LogP contribution in [0.25, 0.3) is 0 Å². The molecule has 0 unspecified atom stereocenters. The first-order chi connectivity index (χ1) is 11.1. The van der Waals surface area contributed by atoms with E-state index in [1.54, 1.807) is 18.3 Å². The second-order valence-corrected chi connectivity index (χ2v) is 5.68. The molecule has 1 aliphatic rings. The molecule has 23 heavy (non-hydrogen) atoms. The molecule has 0 bridgehead atoms. The first-order valence-electron chi connectivity index (χ1n) is 7.71. The highest BCUT2D eigenvalue weighted by molar-refractivity contribution is 6.07. The van der Waals surface area contributed by atoms with E-state index in [2.05, 4.69) is 10.3 Å². The number of allylic oxidation sites excluding steroid dienone is 5. The highest BCUT2D eigenvalue weighted by Gasteiger charge is 2.09. The molecule has 1 aromatic rings. The summed E-state index contributed by atoms with van der Waals surface area (Å²) in [5.41, 5.74) is 2.82. The number of hydrogen-bond donors (Lipinski definition) is 2. The van der Waals surface area contributed by atoms with Crippen LogP contribution in [-0.2, 0) is 6.54 Å². The van der Waals surface area contributed by atoms with Gasteiger partial charge in [0.15, 0.2) is 0 Å². The minimum atomic E-state index is -0.218. The van der Waals surface area contributed by atoms with Gasteiger partial charge in [0.1, 0.15) is 5.82 Å². The zero-order valence-electron chi connectivity index (χ0n) is 13.5. The van der Waals surface area contributed by atoms with Gasteiger partial charge < -0.3 is 10.7 Å². The highest BCUT2D eigenvalue weighted by Crippen LogP contribution is 2.12. The van der Waals surface area contributed by atoms with E-state index in [1.807, 2.05) is 44.2 Å². The fourth-order valence-electron chi connectivity index (χ4n) is 2.17. The number of benzene rings is 1. The van der Waals surface area contributed by atoms with Crippen molar-refractivity contribution in [1.29, 1.82) is 5.41 Å². The Bertz CT molecular complexity index is 682. The van der Waals surface area contributed by atoms with E-state index in [0.29, 0.717) is 24.4 Å². The van der Waals surface area contributed by atoms with Crippen molar-refractivity contribution in [1.82, 2.24) is 5.32 Å². The zero-order chi connectivity index (χ0) is 16.7. The molecule has 0 spiro atoms. The Hall–Kier alpha value is -2.49. The summed E-state index contributed by atoms with van der Waals surface area (Å²) in [6, 6.07) is 6.72. The predicted octanol–water partition coefficient (Wildman–Crippen LogP) is 4.04. The van der Waals surface area contributed by atoms with E-state index < -0.39 is 0 Å². The number of halogens is 1. The van der Waals surface area contributed by atoms with Gasteiger partial charge in [0.05, 0.1) is 12.3 Å². The minimum Gasteiger partial charge on any atom is -0.384 e. The van der Waals surface area contributed by atoms with Crippen LogP contribution in [0.15, 0.2) is 64.8 Å². The molecule has 4 heteroatoms. The normalized spacial score (nSPS) is 14.6. The third-order valence-electron chi connectivity index (χ3n) is 3.57. The summed E-state index contributed by atoms with van der Waals surface area (Å²) in [6.45, 7) is 5.00. The Morgan fingerprint density at radius 3 is 2.87 bits per heavy atom. The van der Waals surface area contributed by atoms with Gasteiger partial charge in [-0.15, -0.1) is 0 Å². The standard InChI is InChI=1S/C19H22FN3/c1-14(2)19(23-13-15-7-3-4-9-17(15)20)11-18(21)16-8-5-6-10-22-12-16/h3-11,14,21,23H,12-13H2,1-2H3/b19-11-,21-18?. The molecule has 0 saturated carbocycles. The van der Waals surface area contributed by atoms with Gasteiger partial charge in [-0.25, -0.2) is 4.39 Å². The number of aliphatic imine (C=N–C) groups is 1. The van der Waals surface area contributed by atoms with Crippen LogP contribution < -0.4 is 5.32 Å². The fraction of sp³-hybridized carbons (Fsp3) is 0.263. The van der Waals surface area contributed by atoms with Gasteiger partial charge in [-0.1, -0.05) is 44.2 Å². The smallest absolute Gasteiger partial charge is 0.128 e. The predicted molar refractivity (Wildman–Crippen MR) is 94.5 cm³/mol. The molecule has 0 amide bonds. The summed E-state index contributed by atoms with van der Waals surface area (Å²) >= 11 is 0. The molecular formula is C19H22FN3. The van der Waals surface area contributed by atoms with Crippen LogP contribution in [0, 0.1) is 17.1 Å². The first kappa shape index (κ1) is 16.9. The summed E-state index contributed by atoms with van der Waals surface area (Å²) in [4.78, 5) is 4.21. The number of rotatable bonds is 6. The molecule has 0 fully saturated rings. The average molecular weight is 311 g/mol. The SMILES string of the molecule is CC(C)/C(=C/C(=N)C1=CC=CC=NC1)NCc1ccccc1F. The fourth-order valence-corrected chi connectivity index (χ4v) is 2.17. The quantitative estimate of drug-likeness (QED) is 0.765. The number of hydrogen-bond acceptors (Lipinski definition) is 3. The Kier molecular flexibility index (Phi) is 6.03. The molecule has 2 N–H and O–H groups in total. The summed E-state index contributed by atoms with van der Waals surface area (Å²) in [5, 5.41) is 11.5. The molecule has 0 saturated heterocycles. The van der Waals surface area contributed by atoms with Crippen LogP contribution in [0.5, 0.6) is 0 Å². The van der Waals surface area contributed by atoms with Gasteiger partial charge in [0, 0.05) is 24.0 Å². The summed E-state index contributed by atoms with van der Waals surface area (Å²) in [5.74, 6) is -0.00308. The van der Waals surface area contributed by atoms with Crippen LogP contribution in [-0.4, -0.2) is 18.5 Å². The van der Waals surface area contributed by atoms with E-state index >= 15 is 0 Å². The zero-order valence-corrected chi connectivity index (χ0v) is 13.5. The van der Waals surface area contributed by atoms with Crippen molar-refractivity contribution in [2.24, 2.45) is 10.9 Å². The molecule has 0 radical (unpaired) electrons. The van der Waals surface area contributed by atoms with Gasteiger partial charge >= 0.3 is 0 Å². The maximum atomic E-state index is 13.7. The molecule has 1 heterocycles. The summed E-state index contributed by atoms with van der Waals surface area (Å²) in [7, 11) is 0. The Morgan fingerprint density at radius 1 is 1.35 bits per heavy atom. The van der Waals surface area contributed by atoms with Crippen LogP contribution in [0.4, 0.5) is 4.39 Å². The largest absolute Gasteiger partial charge is 0.384 e. The van der Waals surface area contributed by atoms with Crippen molar-refractivity contribution in [3.05, 3.63) is 71.2 Å². The summed E-state index contributed by atoms with van der Waals surface area (Å²) < 4.78 is 13.7. The molecule has 1 aromatic carbocycles. The van der Waals surface area contributed by atoms with Crippen molar-refractivity contribution in [3.63, 3.8) is 0 Å². The van der Waals surface area contributed by atoms with Gasteiger partial charge in [-0.3, -0.25) is 4.99 Å². The Balaban J connectivity index is 2.10. The van der Waals surface area contributed by atoms with Crippen molar-refractivity contribution < 1.29 is 4.39 Å². The Labute approximate surface area is 136 Å². The molecular weight excluding hydrogens is 289 g/mol. The van der Waals surface area contributed by atoms with Crippen LogP contribution in [0.1, 0.15) is 19.4 Å². The first-order valence-corrected chi connectivity index (χ1v) is 7.71. The third-order valence-corrected chi connectivity index (χ3v) is 3.57. The van der Waals surface area contributed by atoms with Gasteiger partial charge in [-0.05, 0) is 29.7 Å². The molecule has 0 atom stereocenters. The second-order valence-electron chi connectivity index (χ2n) is 5.68. The molecule has 0 aromatic heterocycles. The van der Waals surface area contributed by atoms with E-state index in [9.17, 15) is 4.39 Å². The lowest BCUT2D eigenvalue weighted by atomic mass is 10.0. The van der Waals surface area contributed by atoms with E-state index in [1.165, 1.54) is 6.07 Å². The van der Waals surface area contributed by atoms with Gasteiger partial charge in [0.25, 0.3) is 0 Å². The lowest BCUT2D eigenvalue weighted by Crippen LogP contribution is -2.19. The minimum absolute atomic E-state index is 0.215. The van der Waals surface area contributed by atoms with Crippen molar-refractivity contribution in [2.75, 3.05) is 6.54 Å². The van der Waals surface area contributed by atoms with Gasteiger partial charge in [-0.2, -0.15) is 0 Å².